The fraction of sp³-hybridized carbons (Fsp3) is 0.333. The molecule has 0 aliphatic heterocycles. The first-order valence-electron chi connectivity index (χ1n) is 13.2. The summed E-state index contributed by atoms with van der Waals surface area (Å²) in [6.45, 7) is 5.53. The second-order valence-corrected chi connectivity index (χ2v) is 11.6. The summed E-state index contributed by atoms with van der Waals surface area (Å²) in [6.07, 6.45) is 0.340. The number of benzene rings is 3. The average molecular weight is 602 g/mol. The van der Waals surface area contributed by atoms with E-state index in [-0.39, 0.29) is 28.8 Å². The minimum absolute atomic E-state index is 0.0984. The maximum atomic E-state index is 14.1. The molecule has 3 rings (SSSR count). The maximum absolute atomic E-state index is 14.1. The third kappa shape index (κ3) is 7.71. The highest BCUT2D eigenvalue weighted by atomic mass is 35.5. The minimum Gasteiger partial charge on any atom is -0.493 e. The molecule has 11 heteroatoms. The monoisotopic (exact) mass is 601 g/mol. The molecule has 0 aliphatic carbocycles. The number of carbonyl (C=O) groups excluding carboxylic acids is 2. The van der Waals surface area contributed by atoms with Gasteiger partial charge < -0.3 is 19.7 Å². The number of ether oxygens (including phenoxy) is 2. The topological polar surface area (TPSA) is 105 Å². The molecular formula is C30H36ClN3O6S. The van der Waals surface area contributed by atoms with Crippen molar-refractivity contribution in [1.82, 2.24) is 10.2 Å². The molecule has 220 valence electrons. The largest absolute Gasteiger partial charge is 0.493 e. The van der Waals surface area contributed by atoms with Crippen molar-refractivity contribution < 1.29 is 27.5 Å². The predicted molar refractivity (Wildman–Crippen MR) is 160 cm³/mol. The number of nitrogens with one attached hydrogen (secondary N) is 1. The molecule has 0 aliphatic rings. The molecule has 0 radical (unpaired) electrons. The fourth-order valence-corrected chi connectivity index (χ4v) is 5.90. The number of methoxy groups -OCH3 is 2. The molecule has 0 bridgehead atoms. The molecule has 1 N–H and O–H groups in total. The lowest BCUT2D eigenvalue weighted by molar-refractivity contribution is -0.140. The third-order valence-electron chi connectivity index (χ3n) is 6.55. The van der Waals surface area contributed by atoms with Crippen molar-refractivity contribution in [3.8, 4) is 11.5 Å². The van der Waals surface area contributed by atoms with Gasteiger partial charge >= 0.3 is 0 Å². The molecule has 41 heavy (non-hydrogen) atoms. The van der Waals surface area contributed by atoms with Crippen molar-refractivity contribution in [1.29, 1.82) is 0 Å². The maximum Gasteiger partial charge on any atom is 0.264 e. The zero-order valence-electron chi connectivity index (χ0n) is 23.9. The van der Waals surface area contributed by atoms with Crippen molar-refractivity contribution in [2.75, 3.05) is 31.6 Å². The van der Waals surface area contributed by atoms with Crippen LogP contribution in [0.3, 0.4) is 0 Å². The summed E-state index contributed by atoms with van der Waals surface area (Å²) in [5.74, 6) is -0.268. The Morgan fingerprint density at radius 1 is 0.927 bits per heavy atom. The van der Waals surface area contributed by atoms with Gasteiger partial charge in [-0.05, 0) is 62.2 Å². The summed E-state index contributed by atoms with van der Waals surface area (Å²) < 4.78 is 39.7. The highest BCUT2D eigenvalue weighted by Gasteiger charge is 2.34. The zero-order valence-corrected chi connectivity index (χ0v) is 25.5. The second kappa shape index (κ2) is 14.2. The lowest BCUT2D eigenvalue weighted by atomic mass is 10.1. The molecule has 1 atom stereocenters. The molecule has 2 amide bonds. The van der Waals surface area contributed by atoms with Crippen LogP contribution in [-0.2, 0) is 26.2 Å². The molecule has 0 spiro atoms. The number of carbonyl (C=O) groups is 2. The lowest BCUT2D eigenvalue weighted by Crippen LogP contribution is -2.52. The van der Waals surface area contributed by atoms with Gasteiger partial charge in [0, 0.05) is 24.2 Å². The van der Waals surface area contributed by atoms with Gasteiger partial charge in [-0.1, -0.05) is 48.4 Å². The number of sulfonamides is 1. The molecule has 0 aromatic heterocycles. The number of likely N-dealkylation sites (N-methyl/N-ethyl adjacent to an activating group) is 1. The van der Waals surface area contributed by atoms with Crippen molar-refractivity contribution in [3.63, 3.8) is 0 Å². The molecule has 0 saturated heterocycles. The third-order valence-corrected chi connectivity index (χ3v) is 8.57. The number of nitrogens with zero attached hydrogens (tertiary/aromatic N) is 2. The van der Waals surface area contributed by atoms with Crippen molar-refractivity contribution in [3.05, 3.63) is 82.9 Å². The SMILES string of the molecule is CCNC(=O)[C@@H](CC)N(Cc1ccc(C)cc1)C(=O)CN(c1ccc(Cl)cc1)S(=O)(=O)c1ccc(OC)c(OC)c1. The first kappa shape index (κ1) is 31.8. The number of halogens is 1. The number of amides is 2. The van der Waals surface area contributed by atoms with Crippen LogP contribution < -0.4 is 19.1 Å². The van der Waals surface area contributed by atoms with Gasteiger partial charge in [-0.2, -0.15) is 0 Å². The molecule has 0 fully saturated rings. The standard InChI is InChI=1S/C30H36ClN3O6S/c1-6-26(30(36)32-7-2)33(19-22-10-8-21(3)9-11-22)29(35)20-34(24-14-12-23(31)13-15-24)41(37,38)25-16-17-27(39-4)28(18-25)40-5/h8-18,26H,6-7,19-20H2,1-5H3,(H,32,36)/t26-/m1/s1. The summed E-state index contributed by atoms with van der Waals surface area (Å²) in [5, 5.41) is 3.20. The molecule has 0 heterocycles. The smallest absolute Gasteiger partial charge is 0.264 e. The molecule has 3 aromatic rings. The highest BCUT2D eigenvalue weighted by molar-refractivity contribution is 7.92. The van der Waals surface area contributed by atoms with Crippen molar-refractivity contribution in [2.45, 2.75) is 44.7 Å². The van der Waals surface area contributed by atoms with Gasteiger partial charge in [0.1, 0.15) is 12.6 Å². The Balaban J connectivity index is 2.09. The normalized spacial score (nSPS) is 11.9. The van der Waals surface area contributed by atoms with E-state index in [0.29, 0.717) is 23.7 Å². The van der Waals surface area contributed by atoms with Crippen LogP contribution >= 0.6 is 11.6 Å². The average Bonchev–Trinajstić information content (AvgIpc) is 2.96. The van der Waals surface area contributed by atoms with Crippen LogP contribution in [0.5, 0.6) is 11.5 Å². The van der Waals surface area contributed by atoms with Crippen molar-refractivity contribution >= 4 is 39.1 Å². The van der Waals surface area contributed by atoms with E-state index in [1.165, 1.54) is 49.5 Å². The zero-order chi connectivity index (χ0) is 30.2. The van der Waals surface area contributed by atoms with Crippen LogP contribution in [-0.4, -0.2) is 58.5 Å². The fourth-order valence-electron chi connectivity index (χ4n) is 4.34. The van der Waals surface area contributed by atoms with Gasteiger partial charge in [-0.15, -0.1) is 0 Å². The van der Waals surface area contributed by atoms with E-state index in [2.05, 4.69) is 5.32 Å². The Morgan fingerprint density at radius 2 is 1.56 bits per heavy atom. The Hall–Kier alpha value is -3.76. The van der Waals surface area contributed by atoms with Crippen LogP contribution in [0, 0.1) is 6.92 Å². The van der Waals surface area contributed by atoms with Gasteiger partial charge in [0.25, 0.3) is 10.0 Å². The number of hydrogen-bond donors (Lipinski definition) is 1. The van der Waals surface area contributed by atoms with Gasteiger partial charge in [-0.25, -0.2) is 8.42 Å². The number of aryl methyl sites for hydroxylation is 1. The highest BCUT2D eigenvalue weighted by Crippen LogP contribution is 2.32. The van der Waals surface area contributed by atoms with Gasteiger partial charge in [0.2, 0.25) is 11.8 Å². The summed E-state index contributed by atoms with van der Waals surface area (Å²) in [7, 11) is -1.43. The van der Waals surface area contributed by atoms with Crippen LogP contribution in [0.2, 0.25) is 5.02 Å². The Morgan fingerprint density at radius 3 is 2.12 bits per heavy atom. The molecule has 9 nitrogen and oxygen atoms in total. The predicted octanol–water partition coefficient (Wildman–Crippen LogP) is 4.80. The second-order valence-electron chi connectivity index (χ2n) is 9.33. The summed E-state index contributed by atoms with van der Waals surface area (Å²) in [5.41, 5.74) is 2.10. The van der Waals surface area contributed by atoms with E-state index in [1.54, 1.807) is 19.1 Å². The van der Waals surface area contributed by atoms with Crippen LogP contribution in [0.15, 0.2) is 71.6 Å². The summed E-state index contributed by atoms with van der Waals surface area (Å²) in [4.78, 5) is 28.4. The van der Waals surface area contributed by atoms with Crippen LogP contribution in [0.1, 0.15) is 31.4 Å². The van der Waals surface area contributed by atoms with Crippen LogP contribution in [0.25, 0.3) is 0 Å². The number of hydrogen-bond acceptors (Lipinski definition) is 6. The van der Waals surface area contributed by atoms with Gasteiger partial charge in [-0.3, -0.25) is 13.9 Å². The van der Waals surface area contributed by atoms with E-state index in [9.17, 15) is 18.0 Å². The first-order chi connectivity index (χ1) is 19.5. The van der Waals surface area contributed by atoms with Gasteiger partial charge in [0.15, 0.2) is 11.5 Å². The van der Waals surface area contributed by atoms with E-state index in [1.807, 2.05) is 38.1 Å². The van der Waals surface area contributed by atoms with E-state index in [0.717, 1.165) is 15.4 Å². The summed E-state index contributed by atoms with van der Waals surface area (Å²) >= 11 is 6.09. The first-order valence-corrected chi connectivity index (χ1v) is 15.0. The molecule has 0 unspecified atom stereocenters. The van der Waals surface area contributed by atoms with Crippen molar-refractivity contribution in [2.24, 2.45) is 0 Å². The lowest BCUT2D eigenvalue weighted by Gasteiger charge is -2.33. The quantitative estimate of drug-likeness (QED) is 0.302. The van der Waals surface area contributed by atoms with E-state index >= 15 is 0 Å². The van der Waals surface area contributed by atoms with E-state index in [4.69, 9.17) is 21.1 Å². The number of anilines is 1. The minimum atomic E-state index is -4.29. The Labute approximate surface area is 247 Å². The molecule has 3 aromatic carbocycles. The summed E-state index contributed by atoms with van der Waals surface area (Å²) in [6, 6.07) is 17.2. The van der Waals surface area contributed by atoms with Gasteiger partial charge in [0.05, 0.1) is 24.8 Å². The Bertz CT molecular complexity index is 1450. The molecular weight excluding hydrogens is 566 g/mol. The number of rotatable bonds is 13. The Kier molecular flexibility index (Phi) is 11.0. The van der Waals surface area contributed by atoms with Crippen LogP contribution in [0.4, 0.5) is 5.69 Å². The molecule has 0 saturated carbocycles. The van der Waals surface area contributed by atoms with E-state index < -0.39 is 28.5 Å².